The number of benzene rings is 2. The fraction of sp³-hybridized carbons (Fsp3) is 0.364. The fourth-order valence-electron chi connectivity index (χ4n) is 3.47. The Morgan fingerprint density at radius 2 is 1.74 bits per heavy atom. The molecule has 4 nitrogen and oxygen atoms in total. The Labute approximate surface area is 159 Å². The third-order valence-electron chi connectivity index (χ3n) is 5.13. The second kappa shape index (κ2) is 8.33. The molecule has 1 saturated heterocycles. The van der Waals surface area contributed by atoms with Gasteiger partial charge in [0.25, 0.3) is 0 Å². The van der Waals surface area contributed by atoms with Crippen molar-refractivity contribution >= 4 is 17.5 Å². The molecule has 0 aromatic heterocycles. The normalized spacial score (nSPS) is 14.9. The molecule has 1 N–H and O–H groups in total. The molecule has 2 aromatic rings. The minimum Gasteiger partial charge on any atom is -0.342 e. The number of nitrogens with one attached hydrogen (secondary N) is 1. The topological polar surface area (TPSA) is 49.4 Å². The summed E-state index contributed by atoms with van der Waals surface area (Å²) in [7, 11) is 0. The van der Waals surface area contributed by atoms with Crippen molar-refractivity contribution in [1.29, 1.82) is 0 Å². The van der Waals surface area contributed by atoms with Crippen LogP contribution in [-0.2, 0) is 16.0 Å². The molecule has 1 aliphatic heterocycles. The van der Waals surface area contributed by atoms with E-state index in [1.807, 2.05) is 32.0 Å². The number of hydrogen-bond donors (Lipinski definition) is 1. The van der Waals surface area contributed by atoms with Gasteiger partial charge in [-0.05, 0) is 56.0 Å². The lowest BCUT2D eigenvalue weighted by Gasteiger charge is -2.31. The van der Waals surface area contributed by atoms with Gasteiger partial charge in [0.15, 0.2) is 0 Å². The number of halogens is 1. The molecule has 1 heterocycles. The third-order valence-corrected chi connectivity index (χ3v) is 5.13. The summed E-state index contributed by atoms with van der Waals surface area (Å²) < 4.78 is 13.0. The van der Waals surface area contributed by atoms with Crippen molar-refractivity contribution in [3.05, 3.63) is 65.0 Å². The van der Waals surface area contributed by atoms with Crippen LogP contribution in [0.1, 0.15) is 29.5 Å². The van der Waals surface area contributed by atoms with E-state index in [4.69, 9.17) is 0 Å². The highest BCUT2D eigenvalue weighted by atomic mass is 19.1. The van der Waals surface area contributed by atoms with Crippen LogP contribution in [0.3, 0.4) is 0 Å². The van der Waals surface area contributed by atoms with Crippen molar-refractivity contribution in [3.8, 4) is 0 Å². The Morgan fingerprint density at radius 1 is 1.07 bits per heavy atom. The zero-order chi connectivity index (χ0) is 19.4. The number of aryl methyl sites for hydroxylation is 2. The van der Waals surface area contributed by atoms with Gasteiger partial charge in [-0.15, -0.1) is 0 Å². The van der Waals surface area contributed by atoms with E-state index in [1.165, 1.54) is 17.7 Å². The first-order chi connectivity index (χ1) is 12.9. The number of likely N-dealkylation sites (tertiary alicyclic amines) is 1. The summed E-state index contributed by atoms with van der Waals surface area (Å²) >= 11 is 0. The van der Waals surface area contributed by atoms with E-state index in [9.17, 15) is 14.0 Å². The van der Waals surface area contributed by atoms with Crippen LogP contribution >= 0.6 is 0 Å². The van der Waals surface area contributed by atoms with E-state index in [1.54, 1.807) is 17.0 Å². The molecule has 0 atom stereocenters. The van der Waals surface area contributed by atoms with E-state index >= 15 is 0 Å². The van der Waals surface area contributed by atoms with E-state index in [-0.39, 0.29) is 30.0 Å². The van der Waals surface area contributed by atoms with Gasteiger partial charge in [0.2, 0.25) is 11.8 Å². The van der Waals surface area contributed by atoms with Crippen molar-refractivity contribution in [3.63, 3.8) is 0 Å². The summed E-state index contributed by atoms with van der Waals surface area (Å²) in [5.41, 5.74) is 3.87. The summed E-state index contributed by atoms with van der Waals surface area (Å²) in [5.74, 6) is -0.343. The van der Waals surface area contributed by atoms with Crippen molar-refractivity contribution in [2.24, 2.45) is 5.92 Å². The molecular formula is C22H25FN2O2. The maximum Gasteiger partial charge on any atom is 0.227 e. The van der Waals surface area contributed by atoms with Gasteiger partial charge in [-0.3, -0.25) is 9.59 Å². The van der Waals surface area contributed by atoms with Crippen LogP contribution in [0, 0.1) is 25.6 Å². The number of nitrogens with zero attached hydrogens (tertiary/aromatic N) is 1. The molecule has 0 saturated carbocycles. The SMILES string of the molecule is Cc1ccc(NC(=O)C2CCN(C(=O)Cc3ccc(F)cc3)CC2)c(C)c1. The first-order valence-corrected chi connectivity index (χ1v) is 9.32. The Bertz CT molecular complexity index is 825. The largest absolute Gasteiger partial charge is 0.342 e. The maximum atomic E-state index is 13.0. The van der Waals surface area contributed by atoms with Gasteiger partial charge in [0.05, 0.1) is 6.42 Å². The molecule has 0 bridgehead atoms. The van der Waals surface area contributed by atoms with Crippen LogP contribution in [0.4, 0.5) is 10.1 Å². The quantitative estimate of drug-likeness (QED) is 0.891. The van der Waals surface area contributed by atoms with E-state index in [0.717, 1.165) is 16.8 Å². The average Bonchev–Trinajstić information content (AvgIpc) is 2.66. The summed E-state index contributed by atoms with van der Waals surface area (Å²) in [4.78, 5) is 26.8. The summed E-state index contributed by atoms with van der Waals surface area (Å²) in [6.07, 6.45) is 1.58. The van der Waals surface area contributed by atoms with Crippen LogP contribution in [-0.4, -0.2) is 29.8 Å². The number of amides is 2. The molecule has 0 aliphatic carbocycles. The van der Waals surface area contributed by atoms with Crippen LogP contribution in [0.2, 0.25) is 0 Å². The monoisotopic (exact) mass is 368 g/mol. The minimum absolute atomic E-state index is 0.0209. The summed E-state index contributed by atoms with van der Waals surface area (Å²) in [6.45, 7) is 5.16. The van der Waals surface area contributed by atoms with Crippen LogP contribution in [0.15, 0.2) is 42.5 Å². The van der Waals surface area contributed by atoms with Crippen LogP contribution in [0.25, 0.3) is 0 Å². The van der Waals surface area contributed by atoms with Gasteiger partial charge < -0.3 is 10.2 Å². The zero-order valence-corrected chi connectivity index (χ0v) is 15.8. The molecule has 3 rings (SSSR count). The van der Waals surface area contributed by atoms with Gasteiger partial charge in [-0.2, -0.15) is 0 Å². The molecule has 1 aliphatic rings. The molecule has 5 heteroatoms. The molecule has 0 radical (unpaired) electrons. The highest BCUT2D eigenvalue weighted by Crippen LogP contribution is 2.22. The smallest absolute Gasteiger partial charge is 0.227 e. The zero-order valence-electron chi connectivity index (χ0n) is 15.8. The number of piperidine rings is 1. The van der Waals surface area contributed by atoms with Crippen molar-refractivity contribution in [1.82, 2.24) is 4.90 Å². The lowest BCUT2D eigenvalue weighted by molar-refractivity contribution is -0.133. The molecule has 142 valence electrons. The molecule has 0 spiro atoms. The predicted octanol–water partition coefficient (Wildman–Crippen LogP) is 3.86. The summed E-state index contributed by atoms with van der Waals surface area (Å²) in [5, 5.41) is 3.02. The standard InChI is InChI=1S/C22H25FN2O2/c1-15-3-8-20(16(2)13-15)24-22(27)18-9-11-25(12-10-18)21(26)14-17-4-6-19(23)7-5-17/h3-8,13,18H,9-12,14H2,1-2H3,(H,24,27). The van der Waals surface area contributed by atoms with Gasteiger partial charge in [0.1, 0.15) is 5.82 Å². The van der Waals surface area contributed by atoms with E-state index < -0.39 is 0 Å². The first-order valence-electron chi connectivity index (χ1n) is 9.32. The molecular weight excluding hydrogens is 343 g/mol. The maximum absolute atomic E-state index is 13.0. The van der Waals surface area contributed by atoms with Gasteiger partial charge in [-0.1, -0.05) is 29.8 Å². The van der Waals surface area contributed by atoms with Crippen molar-refractivity contribution in [2.45, 2.75) is 33.1 Å². The van der Waals surface area contributed by atoms with Gasteiger partial charge in [-0.25, -0.2) is 4.39 Å². The Morgan fingerprint density at radius 3 is 2.37 bits per heavy atom. The van der Waals surface area contributed by atoms with E-state index in [2.05, 4.69) is 5.32 Å². The number of carbonyl (C=O) groups excluding carboxylic acids is 2. The Balaban J connectivity index is 1.51. The van der Waals surface area contributed by atoms with Crippen molar-refractivity contribution in [2.75, 3.05) is 18.4 Å². The average molecular weight is 368 g/mol. The number of carbonyl (C=O) groups is 2. The number of anilines is 1. The first kappa shape index (κ1) is 19.1. The Kier molecular flexibility index (Phi) is 5.89. The second-order valence-electron chi connectivity index (χ2n) is 7.27. The third kappa shape index (κ3) is 4.94. The van der Waals surface area contributed by atoms with E-state index in [0.29, 0.717) is 25.9 Å². The van der Waals surface area contributed by atoms with Crippen LogP contribution < -0.4 is 5.32 Å². The molecule has 27 heavy (non-hydrogen) atoms. The van der Waals surface area contributed by atoms with Gasteiger partial charge >= 0.3 is 0 Å². The number of hydrogen-bond acceptors (Lipinski definition) is 2. The fourth-order valence-corrected chi connectivity index (χ4v) is 3.47. The summed E-state index contributed by atoms with van der Waals surface area (Å²) in [6, 6.07) is 12.0. The molecule has 2 amide bonds. The molecule has 0 unspecified atom stereocenters. The van der Waals surface area contributed by atoms with Crippen molar-refractivity contribution < 1.29 is 14.0 Å². The molecule has 2 aromatic carbocycles. The lowest BCUT2D eigenvalue weighted by atomic mass is 9.95. The highest BCUT2D eigenvalue weighted by molar-refractivity contribution is 5.93. The lowest BCUT2D eigenvalue weighted by Crippen LogP contribution is -2.42. The number of rotatable bonds is 4. The Hall–Kier alpha value is -2.69. The predicted molar refractivity (Wildman–Crippen MR) is 104 cm³/mol. The molecule has 1 fully saturated rings. The van der Waals surface area contributed by atoms with Gasteiger partial charge in [0, 0.05) is 24.7 Å². The second-order valence-corrected chi connectivity index (χ2v) is 7.27. The highest BCUT2D eigenvalue weighted by Gasteiger charge is 2.27. The minimum atomic E-state index is -0.304. The van der Waals surface area contributed by atoms with Crippen LogP contribution in [0.5, 0.6) is 0 Å².